The number of aromatic nitrogens is 2. The molecule has 1 saturated carbocycles. The van der Waals surface area contributed by atoms with Crippen LogP contribution < -0.4 is 5.73 Å². The molecule has 2 rings (SSSR count). The molecule has 1 aromatic heterocycles. The molecule has 0 atom stereocenters. The van der Waals surface area contributed by atoms with Crippen LogP contribution >= 0.6 is 11.5 Å². The molecule has 1 amide bonds. The van der Waals surface area contributed by atoms with Gasteiger partial charge in [0.1, 0.15) is 4.88 Å². The van der Waals surface area contributed by atoms with E-state index in [0.29, 0.717) is 17.0 Å². The van der Waals surface area contributed by atoms with Gasteiger partial charge >= 0.3 is 0 Å². The van der Waals surface area contributed by atoms with E-state index in [1.807, 2.05) is 11.9 Å². The Balaban J connectivity index is 2.04. The van der Waals surface area contributed by atoms with Crippen LogP contribution in [-0.2, 0) is 6.42 Å². The summed E-state index contributed by atoms with van der Waals surface area (Å²) < 4.78 is 3.93. The minimum absolute atomic E-state index is 0.0684. The topological polar surface area (TPSA) is 72.1 Å². The fraction of sp³-hybridized carbons (Fsp3) is 0.769. The van der Waals surface area contributed by atoms with Crippen molar-refractivity contribution in [2.75, 3.05) is 7.05 Å². The molecule has 0 spiro atoms. The highest BCUT2D eigenvalue weighted by atomic mass is 32.1. The first kappa shape index (κ1) is 14.4. The summed E-state index contributed by atoms with van der Waals surface area (Å²) in [5.41, 5.74) is 6.75. The summed E-state index contributed by atoms with van der Waals surface area (Å²) in [5, 5.41) is 4.07. The maximum Gasteiger partial charge on any atom is 0.267 e. The van der Waals surface area contributed by atoms with Crippen molar-refractivity contribution in [3.8, 4) is 0 Å². The molecule has 1 aromatic rings. The van der Waals surface area contributed by atoms with Crippen molar-refractivity contribution in [1.29, 1.82) is 0 Å². The summed E-state index contributed by atoms with van der Waals surface area (Å²) in [6.07, 6.45) is 5.81. The van der Waals surface area contributed by atoms with Gasteiger partial charge in [0.25, 0.3) is 5.91 Å². The largest absolute Gasteiger partial charge is 0.338 e. The number of amides is 1. The number of carbonyl (C=O) groups excluding carboxylic acids is 1. The van der Waals surface area contributed by atoms with Crippen LogP contribution in [-0.4, -0.2) is 39.5 Å². The average Bonchev–Trinajstić information content (AvgIpc) is 2.87. The molecule has 106 valence electrons. The maximum atomic E-state index is 12.5. The number of hydrogen-bond acceptors (Lipinski definition) is 5. The molecule has 0 radical (unpaired) electrons. The number of aryl methyl sites for hydroxylation is 1. The monoisotopic (exact) mass is 282 g/mol. The lowest BCUT2D eigenvalue weighted by Gasteiger charge is -2.33. The van der Waals surface area contributed by atoms with Crippen LogP contribution in [0.15, 0.2) is 0 Å². The number of rotatable bonds is 4. The van der Waals surface area contributed by atoms with Crippen LogP contribution in [0, 0.1) is 0 Å². The Morgan fingerprint density at radius 3 is 2.74 bits per heavy atom. The molecule has 5 nitrogen and oxygen atoms in total. The Hall–Kier alpha value is -1.01. The van der Waals surface area contributed by atoms with Gasteiger partial charge in [0.15, 0.2) is 0 Å². The zero-order valence-electron chi connectivity index (χ0n) is 11.6. The van der Waals surface area contributed by atoms with Gasteiger partial charge in [-0.25, -0.2) is 0 Å². The zero-order chi connectivity index (χ0) is 13.8. The smallest absolute Gasteiger partial charge is 0.267 e. The van der Waals surface area contributed by atoms with Crippen LogP contribution in [0.2, 0.25) is 0 Å². The van der Waals surface area contributed by atoms with Gasteiger partial charge in [-0.15, -0.1) is 5.10 Å². The molecule has 0 aromatic carbocycles. The maximum absolute atomic E-state index is 12.5. The zero-order valence-corrected chi connectivity index (χ0v) is 12.4. The molecule has 6 heteroatoms. The van der Waals surface area contributed by atoms with Crippen LogP contribution in [0.4, 0.5) is 0 Å². The number of nitrogens with zero attached hydrogens (tertiary/aromatic N) is 3. The van der Waals surface area contributed by atoms with Crippen molar-refractivity contribution >= 4 is 17.4 Å². The standard InChI is InChI=1S/C13H22N4OS/c1-3-4-11-12(19-16-15-11)13(18)17(2)10-7-5-9(14)6-8-10/h9-10H,3-8,14H2,1-2H3. The predicted octanol–water partition coefficient (Wildman–Crippen LogP) is 1.83. The molecular formula is C13H22N4OS. The van der Waals surface area contributed by atoms with E-state index in [1.165, 1.54) is 11.5 Å². The van der Waals surface area contributed by atoms with Gasteiger partial charge in [0.05, 0.1) is 5.69 Å². The first-order chi connectivity index (χ1) is 9.13. The minimum atomic E-state index is 0.0684. The predicted molar refractivity (Wildman–Crippen MR) is 76.2 cm³/mol. The van der Waals surface area contributed by atoms with E-state index in [4.69, 9.17) is 5.73 Å². The molecule has 0 bridgehead atoms. The van der Waals surface area contributed by atoms with Gasteiger partial charge in [-0.2, -0.15) is 0 Å². The van der Waals surface area contributed by atoms with E-state index in [9.17, 15) is 4.79 Å². The van der Waals surface area contributed by atoms with Crippen LogP contribution in [0.25, 0.3) is 0 Å². The van der Waals surface area contributed by atoms with E-state index >= 15 is 0 Å². The van der Waals surface area contributed by atoms with Crippen LogP contribution in [0.1, 0.15) is 54.4 Å². The van der Waals surface area contributed by atoms with Crippen LogP contribution in [0.5, 0.6) is 0 Å². The lowest BCUT2D eigenvalue weighted by molar-refractivity contribution is 0.0693. The highest BCUT2D eigenvalue weighted by molar-refractivity contribution is 7.08. The lowest BCUT2D eigenvalue weighted by atomic mass is 9.91. The first-order valence-electron chi connectivity index (χ1n) is 6.97. The third-order valence-corrected chi connectivity index (χ3v) is 4.60. The second-order valence-corrected chi connectivity index (χ2v) is 6.04. The summed E-state index contributed by atoms with van der Waals surface area (Å²) in [7, 11) is 1.89. The second-order valence-electron chi connectivity index (χ2n) is 5.28. The molecule has 0 aliphatic heterocycles. The molecule has 1 aliphatic rings. The van der Waals surface area contributed by atoms with Crippen molar-refractivity contribution in [3.05, 3.63) is 10.6 Å². The van der Waals surface area contributed by atoms with Gasteiger partial charge in [0.2, 0.25) is 0 Å². The van der Waals surface area contributed by atoms with Crippen molar-refractivity contribution in [3.63, 3.8) is 0 Å². The van der Waals surface area contributed by atoms with Gasteiger partial charge in [-0.3, -0.25) is 4.79 Å². The van der Waals surface area contributed by atoms with Gasteiger partial charge in [-0.1, -0.05) is 17.8 Å². The summed E-state index contributed by atoms with van der Waals surface area (Å²) in [6, 6.07) is 0.615. The van der Waals surface area contributed by atoms with E-state index in [2.05, 4.69) is 16.5 Å². The number of nitrogens with two attached hydrogens (primary N) is 1. The number of hydrogen-bond donors (Lipinski definition) is 1. The summed E-state index contributed by atoms with van der Waals surface area (Å²) in [6.45, 7) is 2.08. The Labute approximate surface area is 118 Å². The van der Waals surface area contributed by atoms with Gasteiger partial charge in [0, 0.05) is 19.1 Å². The van der Waals surface area contributed by atoms with Gasteiger partial charge in [-0.05, 0) is 43.6 Å². The normalized spacial score (nSPS) is 23.3. The molecule has 0 saturated heterocycles. The average molecular weight is 282 g/mol. The van der Waals surface area contributed by atoms with Crippen molar-refractivity contribution < 1.29 is 4.79 Å². The van der Waals surface area contributed by atoms with E-state index in [1.54, 1.807) is 0 Å². The molecule has 0 unspecified atom stereocenters. The molecular weight excluding hydrogens is 260 g/mol. The fourth-order valence-electron chi connectivity index (χ4n) is 2.59. The van der Waals surface area contributed by atoms with Gasteiger partial charge < -0.3 is 10.6 Å². The summed E-state index contributed by atoms with van der Waals surface area (Å²) >= 11 is 1.21. The third-order valence-electron chi connectivity index (χ3n) is 3.85. The van der Waals surface area contributed by atoms with Crippen molar-refractivity contribution in [2.24, 2.45) is 5.73 Å². The SMILES string of the molecule is CCCc1nnsc1C(=O)N(C)C1CCC(N)CC1. The Kier molecular flexibility index (Phi) is 4.87. The Bertz CT molecular complexity index is 426. The van der Waals surface area contributed by atoms with E-state index in [0.717, 1.165) is 44.2 Å². The summed E-state index contributed by atoms with van der Waals surface area (Å²) in [5.74, 6) is 0.0684. The molecule has 2 N–H and O–H groups in total. The quantitative estimate of drug-likeness (QED) is 0.914. The highest BCUT2D eigenvalue weighted by Crippen LogP contribution is 2.24. The fourth-order valence-corrected chi connectivity index (χ4v) is 3.28. The Morgan fingerprint density at radius 2 is 2.11 bits per heavy atom. The molecule has 19 heavy (non-hydrogen) atoms. The molecule has 1 heterocycles. The first-order valence-corrected chi connectivity index (χ1v) is 7.74. The highest BCUT2D eigenvalue weighted by Gasteiger charge is 2.28. The second kappa shape index (κ2) is 6.43. The summed E-state index contributed by atoms with van der Waals surface area (Å²) in [4.78, 5) is 15.1. The lowest BCUT2D eigenvalue weighted by Crippen LogP contribution is -2.41. The molecule has 1 fully saturated rings. The minimum Gasteiger partial charge on any atom is -0.338 e. The van der Waals surface area contributed by atoms with E-state index < -0.39 is 0 Å². The van der Waals surface area contributed by atoms with Crippen molar-refractivity contribution in [1.82, 2.24) is 14.5 Å². The number of carbonyl (C=O) groups is 1. The van der Waals surface area contributed by atoms with Crippen LogP contribution in [0.3, 0.4) is 0 Å². The Morgan fingerprint density at radius 1 is 1.42 bits per heavy atom. The van der Waals surface area contributed by atoms with Crippen molar-refractivity contribution in [2.45, 2.75) is 57.5 Å². The van der Waals surface area contributed by atoms with E-state index in [-0.39, 0.29) is 5.91 Å². The third kappa shape index (κ3) is 3.30. The molecule has 1 aliphatic carbocycles.